The lowest BCUT2D eigenvalue weighted by molar-refractivity contribution is 0.355. The van der Waals surface area contributed by atoms with E-state index in [0.29, 0.717) is 6.61 Å². The third kappa shape index (κ3) is 2.92. The number of hydrogen-bond donors (Lipinski definition) is 0. The molecule has 0 saturated heterocycles. The van der Waals surface area contributed by atoms with Crippen molar-refractivity contribution in [1.29, 1.82) is 0 Å². The number of fused-ring (bicyclic) bond motifs is 1. The Morgan fingerprint density at radius 2 is 2.17 bits per heavy atom. The maximum Gasteiger partial charge on any atom is 0.130 e. The van der Waals surface area contributed by atoms with Gasteiger partial charge in [-0.15, -0.1) is 6.58 Å². The molecular formula is C17H20O. The third-order valence-corrected chi connectivity index (χ3v) is 2.99. The second kappa shape index (κ2) is 5.72. The predicted octanol–water partition coefficient (Wildman–Crippen LogP) is 4.33. The Hall–Kier alpha value is -1.76. The summed E-state index contributed by atoms with van der Waals surface area (Å²) in [5, 5.41) is 0. The van der Waals surface area contributed by atoms with E-state index in [1.165, 1.54) is 22.3 Å². The Bertz CT molecular complexity index is 503. The Morgan fingerprint density at radius 3 is 2.89 bits per heavy atom. The number of rotatable bonds is 4. The highest BCUT2D eigenvalue weighted by Gasteiger charge is 2.12. The van der Waals surface area contributed by atoms with Crippen LogP contribution in [0.3, 0.4) is 0 Å². The molecule has 1 heterocycles. The summed E-state index contributed by atoms with van der Waals surface area (Å²) in [4.78, 5) is 0. The second-order valence-corrected chi connectivity index (χ2v) is 4.87. The molecule has 1 aromatic carbocycles. The zero-order valence-electron chi connectivity index (χ0n) is 11.2. The maximum absolute atomic E-state index is 5.78. The minimum Gasteiger partial charge on any atom is -0.489 e. The van der Waals surface area contributed by atoms with Crippen LogP contribution in [0.1, 0.15) is 30.5 Å². The van der Waals surface area contributed by atoms with Crippen molar-refractivity contribution in [2.75, 3.05) is 6.61 Å². The minimum absolute atomic E-state index is 0.676. The van der Waals surface area contributed by atoms with E-state index in [1.54, 1.807) is 0 Å². The zero-order valence-corrected chi connectivity index (χ0v) is 11.2. The number of benzene rings is 1. The molecule has 0 atom stereocenters. The molecule has 0 N–H and O–H groups in total. The summed E-state index contributed by atoms with van der Waals surface area (Å²) in [7, 11) is 0. The third-order valence-electron chi connectivity index (χ3n) is 2.99. The van der Waals surface area contributed by atoms with Gasteiger partial charge in [0, 0.05) is 5.56 Å². The molecule has 18 heavy (non-hydrogen) atoms. The molecule has 1 aromatic rings. The highest BCUT2D eigenvalue weighted by molar-refractivity contribution is 5.63. The van der Waals surface area contributed by atoms with Crippen molar-refractivity contribution in [3.63, 3.8) is 0 Å². The van der Waals surface area contributed by atoms with Gasteiger partial charge in [0.2, 0.25) is 0 Å². The van der Waals surface area contributed by atoms with E-state index in [9.17, 15) is 0 Å². The summed E-state index contributed by atoms with van der Waals surface area (Å²) in [6.07, 6.45) is 10.2. The van der Waals surface area contributed by atoms with Gasteiger partial charge in [-0.2, -0.15) is 0 Å². The van der Waals surface area contributed by atoms with Crippen molar-refractivity contribution in [1.82, 2.24) is 0 Å². The van der Waals surface area contributed by atoms with E-state index in [0.717, 1.165) is 18.6 Å². The first kappa shape index (κ1) is 12.7. The minimum atomic E-state index is 0.676. The summed E-state index contributed by atoms with van der Waals surface area (Å²) in [5.74, 6) is 1.04. The Morgan fingerprint density at radius 1 is 1.33 bits per heavy atom. The van der Waals surface area contributed by atoms with E-state index < -0.39 is 0 Å². The first-order valence-corrected chi connectivity index (χ1v) is 6.40. The molecule has 0 aliphatic carbocycles. The molecule has 0 aromatic heterocycles. The fraction of sp³-hybridized carbons (Fsp3) is 0.294. The summed E-state index contributed by atoms with van der Waals surface area (Å²) in [6.45, 7) is 8.74. The summed E-state index contributed by atoms with van der Waals surface area (Å²) < 4.78 is 5.78. The van der Waals surface area contributed by atoms with E-state index in [4.69, 9.17) is 4.74 Å². The average molecular weight is 240 g/mol. The molecule has 1 heteroatoms. The van der Waals surface area contributed by atoms with Crippen LogP contribution in [0.2, 0.25) is 0 Å². The smallest absolute Gasteiger partial charge is 0.130 e. The Balaban J connectivity index is 2.41. The highest BCUT2D eigenvalue weighted by atomic mass is 16.5. The van der Waals surface area contributed by atoms with Crippen molar-refractivity contribution >= 4 is 6.08 Å². The topological polar surface area (TPSA) is 9.23 Å². The lowest BCUT2D eigenvalue weighted by atomic mass is 9.98. The van der Waals surface area contributed by atoms with Gasteiger partial charge >= 0.3 is 0 Å². The van der Waals surface area contributed by atoms with Crippen molar-refractivity contribution in [3.8, 4) is 5.75 Å². The van der Waals surface area contributed by atoms with Gasteiger partial charge in [0.15, 0.2) is 0 Å². The van der Waals surface area contributed by atoms with Gasteiger partial charge in [-0.1, -0.05) is 29.9 Å². The van der Waals surface area contributed by atoms with Crippen LogP contribution in [0.15, 0.2) is 42.5 Å². The van der Waals surface area contributed by atoms with Gasteiger partial charge in [0.1, 0.15) is 12.4 Å². The van der Waals surface area contributed by atoms with Crippen LogP contribution in [0.4, 0.5) is 0 Å². The Labute approximate surface area is 109 Å². The fourth-order valence-corrected chi connectivity index (χ4v) is 2.14. The molecule has 0 spiro atoms. The first-order chi connectivity index (χ1) is 8.70. The molecule has 1 aliphatic rings. The quantitative estimate of drug-likeness (QED) is 0.712. The van der Waals surface area contributed by atoms with Crippen LogP contribution in [-0.2, 0) is 12.8 Å². The molecule has 0 fully saturated rings. The molecular weight excluding hydrogens is 220 g/mol. The van der Waals surface area contributed by atoms with Crippen LogP contribution in [0.25, 0.3) is 6.08 Å². The lowest BCUT2D eigenvalue weighted by Gasteiger charge is -2.17. The largest absolute Gasteiger partial charge is 0.489 e. The zero-order chi connectivity index (χ0) is 13.0. The van der Waals surface area contributed by atoms with Crippen LogP contribution in [-0.4, -0.2) is 6.61 Å². The summed E-state index contributed by atoms with van der Waals surface area (Å²) in [6, 6.07) is 4.43. The molecule has 0 radical (unpaired) electrons. The van der Waals surface area contributed by atoms with Crippen molar-refractivity contribution < 1.29 is 4.74 Å². The van der Waals surface area contributed by atoms with Gasteiger partial charge in [-0.3, -0.25) is 0 Å². The van der Waals surface area contributed by atoms with Crippen LogP contribution in [0.5, 0.6) is 5.75 Å². The first-order valence-electron chi connectivity index (χ1n) is 6.40. The van der Waals surface area contributed by atoms with Crippen molar-refractivity contribution in [3.05, 3.63) is 59.2 Å². The Kier molecular flexibility index (Phi) is 4.03. The van der Waals surface area contributed by atoms with E-state index >= 15 is 0 Å². The summed E-state index contributed by atoms with van der Waals surface area (Å²) >= 11 is 0. The lowest BCUT2D eigenvalue weighted by Crippen LogP contribution is -2.04. The number of allylic oxidation sites excluding steroid dienone is 3. The SMILES string of the molecule is C=CCc1cc2c(c(CC=C(C)C)c1)OCC=C2. The van der Waals surface area contributed by atoms with Crippen LogP contribution >= 0.6 is 0 Å². The molecule has 0 amide bonds. The monoisotopic (exact) mass is 240 g/mol. The molecule has 0 saturated carbocycles. The number of hydrogen-bond acceptors (Lipinski definition) is 1. The molecule has 0 unspecified atom stereocenters. The second-order valence-electron chi connectivity index (χ2n) is 4.87. The summed E-state index contributed by atoms with van der Waals surface area (Å²) in [5.41, 5.74) is 5.10. The van der Waals surface area contributed by atoms with E-state index in [-0.39, 0.29) is 0 Å². The predicted molar refractivity (Wildman–Crippen MR) is 78.0 cm³/mol. The molecule has 0 bridgehead atoms. The molecule has 1 aliphatic heterocycles. The molecule has 2 rings (SSSR count). The number of ether oxygens (including phenoxy) is 1. The average Bonchev–Trinajstić information content (AvgIpc) is 2.36. The molecule has 1 nitrogen and oxygen atoms in total. The van der Waals surface area contributed by atoms with Crippen molar-refractivity contribution in [2.45, 2.75) is 26.7 Å². The maximum atomic E-state index is 5.78. The normalized spacial score (nSPS) is 12.6. The standard InChI is InChI=1S/C17H20O/c1-4-6-14-11-15-7-5-10-18-17(15)16(12-14)9-8-13(2)3/h4-5,7-8,11-12H,1,6,9-10H2,2-3H3. The highest BCUT2D eigenvalue weighted by Crippen LogP contribution is 2.31. The fourth-order valence-electron chi connectivity index (χ4n) is 2.14. The van der Waals surface area contributed by atoms with Gasteiger partial charge < -0.3 is 4.74 Å². The van der Waals surface area contributed by atoms with Gasteiger partial charge in [-0.05, 0) is 50.0 Å². The van der Waals surface area contributed by atoms with Gasteiger partial charge in [-0.25, -0.2) is 0 Å². The van der Waals surface area contributed by atoms with E-state index in [1.807, 2.05) is 6.08 Å². The van der Waals surface area contributed by atoms with Gasteiger partial charge in [0.25, 0.3) is 0 Å². The van der Waals surface area contributed by atoms with E-state index in [2.05, 4.69) is 50.8 Å². The molecule has 94 valence electrons. The van der Waals surface area contributed by atoms with Crippen molar-refractivity contribution in [2.24, 2.45) is 0 Å². The van der Waals surface area contributed by atoms with Crippen LogP contribution in [0, 0.1) is 0 Å². The van der Waals surface area contributed by atoms with Gasteiger partial charge in [0.05, 0.1) is 0 Å². The van der Waals surface area contributed by atoms with Crippen LogP contribution < -0.4 is 4.74 Å².